The minimum Gasteiger partial charge on any atom is -0.377 e. The molecule has 0 bridgehead atoms. The van der Waals surface area contributed by atoms with E-state index in [4.69, 9.17) is 18.9 Å². The molecule has 15 heavy (non-hydrogen) atoms. The Bertz CT molecular complexity index is 122. The van der Waals surface area contributed by atoms with Crippen LogP contribution in [0.15, 0.2) is 12.7 Å². The molecule has 0 rings (SSSR count). The summed E-state index contributed by atoms with van der Waals surface area (Å²) in [6, 6.07) is 0. The summed E-state index contributed by atoms with van der Waals surface area (Å²) in [5.74, 6) is 0. The van der Waals surface area contributed by atoms with E-state index < -0.39 is 0 Å². The van der Waals surface area contributed by atoms with E-state index in [1.54, 1.807) is 6.08 Å². The molecule has 0 aliphatic carbocycles. The predicted molar refractivity (Wildman–Crippen MR) is 54.3 cm³/mol. The van der Waals surface area contributed by atoms with Gasteiger partial charge in [0.05, 0.1) is 33.0 Å². The van der Waals surface area contributed by atoms with Crippen LogP contribution in [0.5, 0.6) is 0 Å². The third-order valence-corrected chi connectivity index (χ3v) is 1.35. The summed E-state index contributed by atoms with van der Waals surface area (Å²) in [4.78, 5) is 0. The smallest absolute Gasteiger partial charge is 0.377 e. The van der Waals surface area contributed by atoms with E-state index in [-0.39, 0.29) is 29.6 Å². The maximum Gasteiger partial charge on any atom is 1.00 e. The molecule has 0 unspecified atom stereocenters. The second-order valence-corrected chi connectivity index (χ2v) is 2.49. The Kier molecular flexibility index (Phi) is 20.3. The van der Waals surface area contributed by atoms with Crippen LogP contribution in [-0.4, -0.2) is 46.4 Å². The van der Waals surface area contributed by atoms with Crippen LogP contribution in [-0.2, 0) is 18.9 Å². The Morgan fingerprint density at radius 1 is 0.933 bits per heavy atom. The van der Waals surface area contributed by atoms with Crippen LogP contribution in [0.25, 0.3) is 0 Å². The third-order valence-electron chi connectivity index (χ3n) is 1.35. The van der Waals surface area contributed by atoms with Gasteiger partial charge in [0.2, 0.25) is 0 Å². The van der Waals surface area contributed by atoms with Crippen LogP contribution in [0.3, 0.4) is 0 Å². The van der Waals surface area contributed by atoms with Crippen LogP contribution in [0.2, 0.25) is 0 Å². The van der Waals surface area contributed by atoms with Crippen molar-refractivity contribution in [3.05, 3.63) is 12.7 Å². The van der Waals surface area contributed by atoms with Gasteiger partial charge >= 0.3 is 29.6 Å². The van der Waals surface area contributed by atoms with Crippen molar-refractivity contribution in [2.24, 2.45) is 0 Å². The third kappa shape index (κ3) is 17.2. The minimum absolute atomic E-state index is 0. The molecule has 84 valence electrons. The van der Waals surface area contributed by atoms with Gasteiger partial charge in [0.1, 0.15) is 6.79 Å². The van der Waals surface area contributed by atoms with Gasteiger partial charge in [0.25, 0.3) is 0 Å². The Balaban J connectivity index is 0. The Morgan fingerprint density at radius 3 is 2.13 bits per heavy atom. The summed E-state index contributed by atoms with van der Waals surface area (Å²) in [7, 11) is 0. The van der Waals surface area contributed by atoms with Gasteiger partial charge in [0.15, 0.2) is 0 Å². The van der Waals surface area contributed by atoms with Gasteiger partial charge in [0, 0.05) is 6.61 Å². The van der Waals surface area contributed by atoms with Crippen molar-refractivity contribution in [2.45, 2.75) is 6.92 Å². The van der Waals surface area contributed by atoms with Gasteiger partial charge < -0.3 is 18.9 Å². The van der Waals surface area contributed by atoms with Gasteiger partial charge in [-0.3, -0.25) is 0 Å². The molecule has 0 radical (unpaired) electrons. The molecule has 5 heteroatoms. The molecule has 0 N–H and O–H groups in total. The van der Waals surface area contributed by atoms with E-state index in [0.29, 0.717) is 46.4 Å². The molecule has 0 aromatic heterocycles. The zero-order valence-corrected chi connectivity index (χ0v) is 11.9. The fraction of sp³-hybridized carbons (Fsp3) is 0.800. The first kappa shape index (κ1) is 18.0. The van der Waals surface area contributed by atoms with Crippen LogP contribution >= 0.6 is 0 Å². The van der Waals surface area contributed by atoms with Gasteiger partial charge in [-0.25, -0.2) is 0 Å². The number of hydrogen-bond donors (Lipinski definition) is 0. The van der Waals surface area contributed by atoms with Gasteiger partial charge in [-0.2, -0.15) is 0 Å². The molecular formula is C10H20NaO4+. The molecule has 0 atom stereocenters. The molecule has 0 aromatic carbocycles. The zero-order valence-electron chi connectivity index (χ0n) is 9.87. The van der Waals surface area contributed by atoms with Crippen molar-refractivity contribution in [2.75, 3.05) is 46.4 Å². The molecule has 0 amide bonds. The Morgan fingerprint density at radius 2 is 1.53 bits per heavy atom. The maximum atomic E-state index is 5.22. The van der Waals surface area contributed by atoms with Crippen molar-refractivity contribution in [1.29, 1.82) is 0 Å². The molecule has 0 aliphatic heterocycles. The topological polar surface area (TPSA) is 36.9 Å². The molecule has 0 fully saturated rings. The van der Waals surface area contributed by atoms with Crippen molar-refractivity contribution in [3.8, 4) is 0 Å². The first-order valence-corrected chi connectivity index (χ1v) is 4.83. The van der Waals surface area contributed by atoms with Crippen molar-refractivity contribution < 1.29 is 48.5 Å². The summed E-state index contributed by atoms with van der Waals surface area (Å²) in [5.41, 5.74) is 0. The molecule has 0 saturated carbocycles. The van der Waals surface area contributed by atoms with E-state index >= 15 is 0 Å². The second kappa shape index (κ2) is 17.0. The number of rotatable bonds is 11. The van der Waals surface area contributed by atoms with Crippen LogP contribution in [0.1, 0.15) is 6.92 Å². The quantitative estimate of drug-likeness (QED) is 0.181. The van der Waals surface area contributed by atoms with Gasteiger partial charge in [-0.15, -0.1) is 6.58 Å². The summed E-state index contributed by atoms with van der Waals surface area (Å²) < 4.78 is 20.4. The van der Waals surface area contributed by atoms with Crippen LogP contribution < -0.4 is 29.6 Å². The molecule has 0 aromatic rings. The minimum atomic E-state index is 0. The first-order valence-electron chi connectivity index (χ1n) is 4.83. The largest absolute Gasteiger partial charge is 1.00 e. The van der Waals surface area contributed by atoms with E-state index in [1.807, 2.05) is 6.92 Å². The fourth-order valence-corrected chi connectivity index (χ4v) is 0.706. The first-order chi connectivity index (χ1) is 6.91. The van der Waals surface area contributed by atoms with Gasteiger partial charge in [-0.05, 0) is 6.92 Å². The maximum absolute atomic E-state index is 5.22. The SMILES string of the molecule is C=CCOCCOCCOCOCC.[Na+]. The molecule has 0 spiro atoms. The van der Waals surface area contributed by atoms with Crippen molar-refractivity contribution >= 4 is 0 Å². The van der Waals surface area contributed by atoms with Crippen LogP contribution in [0.4, 0.5) is 0 Å². The Labute approximate surface area is 114 Å². The molecular weight excluding hydrogens is 207 g/mol. The summed E-state index contributed by atoms with van der Waals surface area (Å²) in [6.07, 6.45) is 1.71. The average Bonchev–Trinajstić information content (AvgIpc) is 2.21. The molecule has 4 nitrogen and oxygen atoms in total. The predicted octanol–water partition coefficient (Wildman–Crippen LogP) is -1.78. The van der Waals surface area contributed by atoms with E-state index in [0.717, 1.165) is 0 Å². The van der Waals surface area contributed by atoms with E-state index in [2.05, 4.69) is 6.58 Å². The second-order valence-electron chi connectivity index (χ2n) is 2.49. The number of hydrogen-bond acceptors (Lipinski definition) is 4. The molecule has 0 heterocycles. The molecule has 0 saturated heterocycles. The average molecular weight is 227 g/mol. The summed E-state index contributed by atoms with van der Waals surface area (Å²) >= 11 is 0. The number of ether oxygens (including phenoxy) is 4. The van der Waals surface area contributed by atoms with E-state index in [1.165, 1.54) is 0 Å². The summed E-state index contributed by atoms with van der Waals surface area (Å²) in [5, 5.41) is 0. The van der Waals surface area contributed by atoms with Crippen LogP contribution in [0, 0.1) is 0 Å². The van der Waals surface area contributed by atoms with Gasteiger partial charge in [-0.1, -0.05) is 6.08 Å². The monoisotopic (exact) mass is 227 g/mol. The van der Waals surface area contributed by atoms with E-state index in [9.17, 15) is 0 Å². The molecule has 0 aliphatic rings. The fourth-order valence-electron chi connectivity index (χ4n) is 0.706. The standard InChI is InChI=1S/C10H20O4.Na/c1-3-5-12-6-7-13-8-9-14-10-11-4-2;/h3H,1,4-10H2,2H3;/q;+1. The summed E-state index contributed by atoms with van der Waals surface area (Å²) in [6.45, 7) is 9.37. The van der Waals surface area contributed by atoms with Crippen molar-refractivity contribution in [1.82, 2.24) is 0 Å². The Hall–Kier alpha value is 0.580. The zero-order chi connectivity index (χ0) is 10.5. The normalized spacial score (nSPS) is 9.67. The van der Waals surface area contributed by atoms with Crippen molar-refractivity contribution in [3.63, 3.8) is 0 Å².